The molecular weight excluding hydrogens is 489 g/mol. The standard InChI is InChI=1S/C24H33N3O2.HI/c1-25-24(27(2)14-15-28-17-21-12-13-21)26-16-22-10-6-7-11-23(22)19-29-18-20-8-4-3-5-9-20;/h3-11,21H,12-19H2,1-2H3,(H,25,26);1H. The van der Waals surface area contributed by atoms with E-state index >= 15 is 0 Å². The van der Waals surface area contributed by atoms with Crippen LogP contribution in [0.2, 0.25) is 0 Å². The second-order valence-electron chi connectivity index (χ2n) is 7.59. The predicted octanol–water partition coefficient (Wildman–Crippen LogP) is 4.46. The van der Waals surface area contributed by atoms with Gasteiger partial charge in [0.1, 0.15) is 0 Å². The highest BCUT2D eigenvalue weighted by Gasteiger charge is 2.21. The van der Waals surface area contributed by atoms with Crippen LogP contribution in [0.15, 0.2) is 59.6 Å². The van der Waals surface area contributed by atoms with Gasteiger partial charge in [0.25, 0.3) is 0 Å². The van der Waals surface area contributed by atoms with Gasteiger partial charge in [0.2, 0.25) is 0 Å². The summed E-state index contributed by atoms with van der Waals surface area (Å²) < 4.78 is 11.7. The van der Waals surface area contributed by atoms with Gasteiger partial charge in [-0.3, -0.25) is 4.99 Å². The molecule has 0 saturated heterocycles. The van der Waals surface area contributed by atoms with Gasteiger partial charge in [-0.15, -0.1) is 24.0 Å². The fourth-order valence-corrected chi connectivity index (χ4v) is 3.12. The minimum atomic E-state index is 0. The maximum atomic E-state index is 5.93. The van der Waals surface area contributed by atoms with E-state index in [-0.39, 0.29) is 24.0 Å². The van der Waals surface area contributed by atoms with E-state index in [1.165, 1.54) is 29.5 Å². The average Bonchev–Trinajstić information content (AvgIpc) is 3.58. The molecule has 30 heavy (non-hydrogen) atoms. The first-order chi connectivity index (χ1) is 14.3. The summed E-state index contributed by atoms with van der Waals surface area (Å²) in [7, 11) is 3.86. The number of guanidine groups is 1. The molecule has 0 heterocycles. The molecule has 5 nitrogen and oxygen atoms in total. The molecule has 0 atom stereocenters. The van der Waals surface area contributed by atoms with E-state index in [2.05, 4.69) is 51.6 Å². The number of nitrogens with one attached hydrogen (secondary N) is 1. The highest BCUT2D eigenvalue weighted by molar-refractivity contribution is 14.0. The van der Waals surface area contributed by atoms with Gasteiger partial charge in [0, 0.05) is 33.8 Å². The van der Waals surface area contributed by atoms with Crippen molar-refractivity contribution in [1.29, 1.82) is 0 Å². The lowest BCUT2D eigenvalue weighted by atomic mass is 10.1. The molecular formula is C24H34IN3O2. The monoisotopic (exact) mass is 523 g/mol. The van der Waals surface area contributed by atoms with Gasteiger partial charge in [-0.1, -0.05) is 54.6 Å². The Morgan fingerprint density at radius 2 is 1.70 bits per heavy atom. The SMILES string of the molecule is CN=C(NCc1ccccc1COCc1ccccc1)N(C)CCOCC1CC1.I. The molecule has 0 unspecified atom stereocenters. The van der Waals surface area contributed by atoms with Crippen molar-refractivity contribution in [2.45, 2.75) is 32.6 Å². The summed E-state index contributed by atoms with van der Waals surface area (Å²) in [6.45, 7) is 4.39. The number of aliphatic imine (C=N–C) groups is 1. The Balaban J connectivity index is 0.00000320. The quantitative estimate of drug-likeness (QED) is 0.205. The van der Waals surface area contributed by atoms with Crippen molar-refractivity contribution in [2.75, 3.05) is 33.9 Å². The maximum Gasteiger partial charge on any atom is 0.193 e. The van der Waals surface area contributed by atoms with E-state index in [0.717, 1.165) is 31.6 Å². The Kier molecular flexibility index (Phi) is 11.2. The minimum absolute atomic E-state index is 0. The molecule has 2 aromatic carbocycles. The van der Waals surface area contributed by atoms with Crippen LogP contribution in [-0.4, -0.2) is 44.7 Å². The van der Waals surface area contributed by atoms with E-state index in [1.54, 1.807) is 0 Å². The first kappa shape index (κ1) is 24.6. The summed E-state index contributed by atoms with van der Waals surface area (Å²) in [6.07, 6.45) is 2.65. The molecule has 6 heteroatoms. The topological polar surface area (TPSA) is 46.1 Å². The van der Waals surface area contributed by atoms with Gasteiger partial charge in [-0.25, -0.2) is 0 Å². The van der Waals surface area contributed by atoms with Crippen LogP contribution in [0, 0.1) is 5.92 Å². The third-order valence-corrected chi connectivity index (χ3v) is 5.12. The predicted molar refractivity (Wildman–Crippen MR) is 133 cm³/mol. The van der Waals surface area contributed by atoms with E-state index in [1.807, 2.05) is 32.3 Å². The Morgan fingerprint density at radius 1 is 1.00 bits per heavy atom. The lowest BCUT2D eigenvalue weighted by Crippen LogP contribution is -2.40. The van der Waals surface area contributed by atoms with Crippen LogP contribution >= 0.6 is 24.0 Å². The van der Waals surface area contributed by atoms with Gasteiger partial charge in [0.05, 0.1) is 19.8 Å². The summed E-state index contributed by atoms with van der Waals surface area (Å²) >= 11 is 0. The van der Waals surface area contributed by atoms with Crippen LogP contribution in [0.3, 0.4) is 0 Å². The first-order valence-electron chi connectivity index (χ1n) is 10.4. The molecule has 1 saturated carbocycles. The lowest BCUT2D eigenvalue weighted by molar-refractivity contribution is 0.106. The average molecular weight is 523 g/mol. The normalized spacial score (nSPS) is 13.6. The fraction of sp³-hybridized carbons (Fsp3) is 0.458. The van der Waals surface area contributed by atoms with Gasteiger partial charge in [-0.2, -0.15) is 0 Å². The Labute approximate surface area is 197 Å². The molecule has 0 aromatic heterocycles. The van der Waals surface area contributed by atoms with Crippen LogP contribution in [0.25, 0.3) is 0 Å². The van der Waals surface area contributed by atoms with Crippen molar-refractivity contribution < 1.29 is 9.47 Å². The van der Waals surface area contributed by atoms with Crippen molar-refractivity contribution in [1.82, 2.24) is 10.2 Å². The molecule has 1 fully saturated rings. The van der Waals surface area contributed by atoms with Crippen molar-refractivity contribution in [3.05, 3.63) is 71.3 Å². The Morgan fingerprint density at radius 3 is 2.40 bits per heavy atom. The minimum Gasteiger partial charge on any atom is -0.379 e. The molecule has 0 radical (unpaired) electrons. The van der Waals surface area contributed by atoms with Crippen molar-refractivity contribution in [3.8, 4) is 0 Å². The van der Waals surface area contributed by atoms with E-state index in [4.69, 9.17) is 9.47 Å². The Hall–Kier alpha value is -1.64. The third kappa shape index (κ3) is 8.62. The largest absolute Gasteiger partial charge is 0.379 e. The molecule has 0 aliphatic heterocycles. The van der Waals surface area contributed by atoms with Crippen LogP contribution in [0.5, 0.6) is 0 Å². The van der Waals surface area contributed by atoms with Crippen molar-refractivity contribution in [2.24, 2.45) is 10.9 Å². The van der Waals surface area contributed by atoms with Gasteiger partial charge in [0.15, 0.2) is 5.96 Å². The van der Waals surface area contributed by atoms with Gasteiger partial charge in [-0.05, 0) is 35.4 Å². The fourth-order valence-electron chi connectivity index (χ4n) is 3.12. The highest BCUT2D eigenvalue weighted by Crippen LogP contribution is 2.28. The second kappa shape index (κ2) is 13.6. The van der Waals surface area contributed by atoms with Gasteiger partial charge < -0.3 is 19.7 Å². The first-order valence-corrected chi connectivity index (χ1v) is 10.4. The smallest absolute Gasteiger partial charge is 0.193 e. The van der Waals surface area contributed by atoms with Crippen LogP contribution < -0.4 is 5.32 Å². The number of halogens is 1. The number of hydrogen-bond donors (Lipinski definition) is 1. The van der Waals surface area contributed by atoms with Crippen LogP contribution in [0.4, 0.5) is 0 Å². The molecule has 3 rings (SSSR count). The maximum absolute atomic E-state index is 5.93. The summed E-state index contributed by atoms with van der Waals surface area (Å²) in [6, 6.07) is 18.7. The number of likely N-dealkylation sites (N-methyl/N-ethyl adjacent to an activating group) is 1. The summed E-state index contributed by atoms with van der Waals surface area (Å²) in [5.41, 5.74) is 3.61. The summed E-state index contributed by atoms with van der Waals surface area (Å²) in [4.78, 5) is 6.52. The number of ether oxygens (including phenoxy) is 2. The number of benzene rings is 2. The molecule has 1 aliphatic carbocycles. The van der Waals surface area contributed by atoms with Crippen molar-refractivity contribution >= 4 is 29.9 Å². The molecule has 0 bridgehead atoms. The Bertz CT molecular complexity index is 766. The van der Waals surface area contributed by atoms with E-state index in [9.17, 15) is 0 Å². The third-order valence-electron chi connectivity index (χ3n) is 5.12. The van der Waals surface area contributed by atoms with Crippen LogP contribution in [-0.2, 0) is 29.2 Å². The molecule has 2 aromatic rings. The van der Waals surface area contributed by atoms with Crippen LogP contribution in [0.1, 0.15) is 29.5 Å². The zero-order chi connectivity index (χ0) is 20.3. The van der Waals surface area contributed by atoms with Gasteiger partial charge >= 0.3 is 0 Å². The zero-order valence-electron chi connectivity index (χ0n) is 18.0. The number of nitrogens with zero attached hydrogens (tertiary/aromatic N) is 2. The summed E-state index contributed by atoms with van der Waals surface area (Å²) in [5, 5.41) is 3.46. The summed E-state index contributed by atoms with van der Waals surface area (Å²) in [5.74, 6) is 1.68. The molecule has 1 N–H and O–H groups in total. The van der Waals surface area contributed by atoms with E-state index < -0.39 is 0 Å². The second-order valence-corrected chi connectivity index (χ2v) is 7.59. The molecule has 164 valence electrons. The molecule has 1 aliphatic rings. The lowest BCUT2D eigenvalue weighted by Gasteiger charge is -2.22. The number of rotatable bonds is 11. The zero-order valence-corrected chi connectivity index (χ0v) is 20.4. The van der Waals surface area contributed by atoms with Crippen molar-refractivity contribution in [3.63, 3.8) is 0 Å². The molecule has 0 amide bonds. The molecule has 0 spiro atoms. The number of hydrogen-bond acceptors (Lipinski definition) is 3. The van der Waals surface area contributed by atoms with E-state index in [0.29, 0.717) is 19.8 Å². The highest BCUT2D eigenvalue weighted by atomic mass is 127.